The average molecular weight is 258 g/mol. The van der Waals surface area contributed by atoms with Crippen molar-refractivity contribution >= 4 is 22.6 Å². The van der Waals surface area contributed by atoms with Gasteiger partial charge in [-0.3, -0.25) is 4.98 Å². The second-order valence-electron chi connectivity index (χ2n) is 4.72. The molecule has 0 atom stereocenters. The highest BCUT2D eigenvalue weighted by atomic mass is 16.5. The second-order valence-corrected chi connectivity index (χ2v) is 4.72. The van der Waals surface area contributed by atoms with Crippen molar-refractivity contribution in [2.45, 2.75) is 19.8 Å². The largest absolute Gasteiger partial charge is 0.465 e. The predicted octanol–water partition coefficient (Wildman–Crippen LogP) is 3.19. The molecule has 19 heavy (non-hydrogen) atoms. The zero-order valence-electron chi connectivity index (χ0n) is 11.7. The molecule has 0 fully saturated rings. The van der Waals surface area contributed by atoms with Gasteiger partial charge in [-0.25, -0.2) is 4.79 Å². The Labute approximate surface area is 112 Å². The highest BCUT2D eigenvalue weighted by Gasteiger charge is 2.15. The van der Waals surface area contributed by atoms with Crippen molar-refractivity contribution < 1.29 is 9.53 Å². The summed E-state index contributed by atoms with van der Waals surface area (Å²) in [5, 5.41) is 4.02. The van der Waals surface area contributed by atoms with Crippen LogP contribution in [0.25, 0.3) is 10.9 Å². The maximum Gasteiger partial charge on any atom is 0.341 e. The van der Waals surface area contributed by atoms with Crippen molar-refractivity contribution in [3.63, 3.8) is 0 Å². The molecule has 2 rings (SSSR count). The van der Waals surface area contributed by atoms with Crippen LogP contribution in [0.1, 0.15) is 35.7 Å². The van der Waals surface area contributed by atoms with E-state index in [0.717, 1.165) is 16.6 Å². The van der Waals surface area contributed by atoms with Crippen LogP contribution >= 0.6 is 0 Å². The molecule has 0 aliphatic carbocycles. The van der Waals surface area contributed by atoms with Crippen molar-refractivity contribution in [3.8, 4) is 0 Å². The molecule has 1 aromatic carbocycles. The van der Waals surface area contributed by atoms with Gasteiger partial charge in [0.05, 0.1) is 18.3 Å². The molecule has 0 unspecified atom stereocenters. The van der Waals surface area contributed by atoms with E-state index in [1.165, 1.54) is 12.7 Å². The standard InChI is InChI=1S/C15H18N2O2/c1-9(2)10-5-6-13-11(7-10)14(16-3)12(8-17-13)15(18)19-4/h5-9H,1-4H3,(H,16,17). The zero-order chi connectivity index (χ0) is 14.0. The molecule has 0 aliphatic heterocycles. The number of pyridine rings is 1. The van der Waals surface area contributed by atoms with Crippen LogP contribution in [0.4, 0.5) is 5.69 Å². The van der Waals surface area contributed by atoms with Gasteiger partial charge in [0, 0.05) is 18.6 Å². The number of methoxy groups -OCH3 is 1. The number of hydrogen-bond donors (Lipinski definition) is 1. The van der Waals surface area contributed by atoms with Gasteiger partial charge in [-0.15, -0.1) is 0 Å². The number of rotatable bonds is 3. The number of benzene rings is 1. The van der Waals surface area contributed by atoms with E-state index in [0.29, 0.717) is 11.5 Å². The Balaban J connectivity index is 2.72. The van der Waals surface area contributed by atoms with Crippen LogP contribution in [-0.2, 0) is 4.74 Å². The minimum atomic E-state index is -0.381. The van der Waals surface area contributed by atoms with E-state index in [4.69, 9.17) is 4.74 Å². The number of aromatic nitrogens is 1. The molecule has 0 radical (unpaired) electrons. The number of nitrogens with zero attached hydrogens (tertiary/aromatic N) is 1. The Morgan fingerprint density at radius 1 is 1.37 bits per heavy atom. The number of esters is 1. The first-order valence-corrected chi connectivity index (χ1v) is 6.27. The van der Waals surface area contributed by atoms with Crippen LogP contribution in [-0.4, -0.2) is 25.1 Å². The van der Waals surface area contributed by atoms with Gasteiger partial charge < -0.3 is 10.1 Å². The van der Waals surface area contributed by atoms with E-state index >= 15 is 0 Å². The third-order valence-corrected chi connectivity index (χ3v) is 3.21. The van der Waals surface area contributed by atoms with E-state index in [-0.39, 0.29) is 5.97 Å². The highest BCUT2D eigenvalue weighted by molar-refractivity contribution is 6.04. The number of hydrogen-bond acceptors (Lipinski definition) is 4. The third-order valence-electron chi connectivity index (χ3n) is 3.21. The smallest absolute Gasteiger partial charge is 0.341 e. The number of ether oxygens (including phenoxy) is 1. The lowest BCUT2D eigenvalue weighted by atomic mass is 9.99. The van der Waals surface area contributed by atoms with Crippen LogP contribution in [0.2, 0.25) is 0 Å². The average Bonchev–Trinajstić information content (AvgIpc) is 2.44. The maximum absolute atomic E-state index is 11.8. The minimum Gasteiger partial charge on any atom is -0.465 e. The molecule has 2 aromatic rings. The molecular weight excluding hydrogens is 240 g/mol. The SMILES string of the molecule is CNc1c(C(=O)OC)cnc2ccc(C(C)C)cc12. The van der Waals surface area contributed by atoms with Gasteiger partial charge in [0.1, 0.15) is 5.56 Å². The van der Waals surface area contributed by atoms with Crippen LogP contribution in [0.15, 0.2) is 24.4 Å². The Bertz CT molecular complexity index is 621. The monoisotopic (exact) mass is 258 g/mol. The van der Waals surface area contributed by atoms with E-state index in [1.807, 2.05) is 6.07 Å². The molecule has 100 valence electrons. The first kappa shape index (κ1) is 13.3. The lowest BCUT2D eigenvalue weighted by Gasteiger charge is -2.13. The lowest BCUT2D eigenvalue weighted by molar-refractivity contribution is 0.0601. The Morgan fingerprint density at radius 2 is 2.11 bits per heavy atom. The number of carbonyl (C=O) groups is 1. The van der Waals surface area contributed by atoms with Crippen molar-refractivity contribution in [1.82, 2.24) is 4.98 Å². The molecule has 1 heterocycles. The van der Waals surface area contributed by atoms with Gasteiger partial charge in [-0.1, -0.05) is 19.9 Å². The van der Waals surface area contributed by atoms with E-state index in [1.54, 1.807) is 13.2 Å². The number of carbonyl (C=O) groups excluding carboxylic acids is 1. The molecule has 0 saturated heterocycles. The van der Waals surface area contributed by atoms with Crippen molar-refractivity contribution in [2.75, 3.05) is 19.5 Å². The molecular formula is C15H18N2O2. The Hall–Kier alpha value is -2.10. The summed E-state index contributed by atoms with van der Waals surface area (Å²) in [5.74, 6) is 0.0459. The summed E-state index contributed by atoms with van der Waals surface area (Å²) in [6, 6.07) is 6.12. The summed E-state index contributed by atoms with van der Waals surface area (Å²) in [6.45, 7) is 4.27. The topological polar surface area (TPSA) is 51.2 Å². The van der Waals surface area contributed by atoms with Crippen molar-refractivity contribution in [2.24, 2.45) is 0 Å². The predicted molar refractivity (Wildman–Crippen MR) is 76.7 cm³/mol. The fraction of sp³-hybridized carbons (Fsp3) is 0.333. The minimum absolute atomic E-state index is 0.381. The van der Waals surface area contributed by atoms with Gasteiger partial charge in [0.2, 0.25) is 0 Å². The summed E-state index contributed by atoms with van der Waals surface area (Å²) in [7, 11) is 3.17. The third kappa shape index (κ3) is 2.38. The van der Waals surface area contributed by atoms with Gasteiger partial charge in [0.25, 0.3) is 0 Å². The molecule has 1 N–H and O–H groups in total. The van der Waals surface area contributed by atoms with Gasteiger partial charge in [-0.2, -0.15) is 0 Å². The highest BCUT2D eigenvalue weighted by Crippen LogP contribution is 2.29. The van der Waals surface area contributed by atoms with Crippen molar-refractivity contribution in [1.29, 1.82) is 0 Å². The fourth-order valence-electron chi connectivity index (χ4n) is 2.10. The normalized spacial score (nSPS) is 10.8. The first-order chi connectivity index (χ1) is 9.08. The van der Waals surface area contributed by atoms with Crippen LogP contribution in [0.5, 0.6) is 0 Å². The van der Waals surface area contributed by atoms with Gasteiger partial charge >= 0.3 is 5.97 Å². The quantitative estimate of drug-likeness (QED) is 0.859. The maximum atomic E-state index is 11.8. The molecule has 1 aromatic heterocycles. The number of anilines is 1. The summed E-state index contributed by atoms with van der Waals surface area (Å²) < 4.78 is 4.79. The van der Waals surface area contributed by atoms with Crippen LogP contribution < -0.4 is 5.32 Å². The molecule has 0 bridgehead atoms. The molecule has 4 heteroatoms. The number of nitrogens with one attached hydrogen (secondary N) is 1. The fourth-order valence-corrected chi connectivity index (χ4v) is 2.10. The molecule has 0 spiro atoms. The number of fused-ring (bicyclic) bond motifs is 1. The lowest BCUT2D eigenvalue weighted by Crippen LogP contribution is -2.07. The molecule has 0 saturated carbocycles. The second kappa shape index (κ2) is 5.26. The van der Waals surface area contributed by atoms with Crippen molar-refractivity contribution in [3.05, 3.63) is 35.5 Å². The molecule has 0 amide bonds. The summed E-state index contributed by atoms with van der Waals surface area (Å²) >= 11 is 0. The van der Waals surface area contributed by atoms with Gasteiger partial charge in [-0.05, 0) is 23.6 Å². The Kier molecular flexibility index (Phi) is 3.69. The summed E-state index contributed by atoms with van der Waals surface area (Å²) in [5.41, 5.74) is 3.30. The van der Waals surface area contributed by atoms with E-state index in [2.05, 4.69) is 36.3 Å². The summed E-state index contributed by atoms with van der Waals surface area (Å²) in [4.78, 5) is 16.1. The van der Waals surface area contributed by atoms with E-state index in [9.17, 15) is 4.79 Å². The summed E-state index contributed by atoms with van der Waals surface area (Å²) in [6.07, 6.45) is 1.55. The van der Waals surface area contributed by atoms with E-state index < -0.39 is 0 Å². The van der Waals surface area contributed by atoms with Crippen LogP contribution in [0.3, 0.4) is 0 Å². The zero-order valence-corrected chi connectivity index (χ0v) is 11.7. The van der Waals surface area contributed by atoms with Gasteiger partial charge in [0.15, 0.2) is 0 Å². The first-order valence-electron chi connectivity index (χ1n) is 6.27. The Morgan fingerprint density at radius 3 is 2.68 bits per heavy atom. The molecule has 4 nitrogen and oxygen atoms in total. The van der Waals surface area contributed by atoms with Crippen LogP contribution in [0, 0.1) is 0 Å². The molecule has 0 aliphatic rings.